The maximum atomic E-state index is 12.0. The van der Waals surface area contributed by atoms with Crippen molar-refractivity contribution in [2.24, 2.45) is 5.92 Å². The zero-order valence-electron chi connectivity index (χ0n) is 10.5. The molecule has 100 valence electrons. The van der Waals surface area contributed by atoms with Crippen molar-refractivity contribution in [2.45, 2.75) is 6.42 Å². The third-order valence-corrected chi connectivity index (χ3v) is 4.57. The van der Waals surface area contributed by atoms with Crippen molar-refractivity contribution < 1.29 is 9.21 Å². The Labute approximate surface area is 115 Å². The Bertz CT molecular complexity index is 603. The molecule has 1 aromatic carbocycles. The highest BCUT2D eigenvalue weighted by atomic mass is 32.2. The van der Waals surface area contributed by atoms with Crippen LogP contribution in [-0.2, 0) is 0 Å². The molecule has 19 heavy (non-hydrogen) atoms. The van der Waals surface area contributed by atoms with Crippen molar-refractivity contribution in [3.63, 3.8) is 0 Å². The van der Waals surface area contributed by atoms with Crippen LogP contribution in [-0.4, -0.2) is 24.0 Å². The molecule has 0 saturated carbocycles. The Morgan fingerprint density at radius 1 is 1.47 bits per heavy atom. The lowest BCUT2D eigenvalue weighted by Gasteiger charge is -2.08. The lowest BCUT2D eigenvalue weighted by atomic mass is 10.1. The molecular formula is C14H16N2O2S. The quantitative estimate of drug-likeness (QED) is 0.845. The number of carbonyl (C=O) groups is 1. The van der Waals surface area contributed by atoms with Crippen LogP contribution in [0.5, 0.6) is 0 Å². The molecule has 1 aromatic heterocycles. The third kappa shape index (κ3) is 2.71. The molecule has 0 aliphatic carbocycles. The van der Waals surface area contributed by atoms with Crippen molar-refractivity contribution in [1.29, 1.82) is 0 Å². The number of thioether (sulfide) groups is 1. The van der Waals surface area contributed by atoms with Crippen LogP contribution in [0.2, 0.25) is 0 Å². The summed E-state index contributed by atoms with van der Waals surface area (Å²) in [7, 11) is 0. The van der Waals surface area contributed by atoms with Crippen molar-refractivity contribution >= 4 is 34.3 Å². The van der Waals surface area contributed by atoms with Crippen LogP contribution >= 0.6 is 11.8 Å². The zero-order valence-corrected chi connectivity index (χ0v) is 11.3. The minimum absolute atomic E-state index is 0.147. The molecular weight excluding hydrogens is 260 g/mol. The second-order valence-electron chi connectivity index (χ2n) is 4.85. The number of rotatable bonds is 3. The van der Waals surface area contributed by atoms with E-state index in [0.29, 0.717) is 22.9 Å². The molecule has 3 N–H and O–H groups in total. The summed E-state index contributed by atoms with van der Waals surface area (Å²) in [6, 6.07) is 7.10. The van der Waals surface area contributed by atoms with Crippen molar-refractivity contribution in [1.82, 2.24) is 5.32 Å². The SMILES string of the molecule is Nc1ccc2oc(C(=O)NCC3CCSC3)cc2c1. The van der Waals surface area contributed by atoms with Gasteiger partial charge < -0.3 is 15.5 Å². The first kappa shape index (κ1) is 12.4. The predicted molar refractivity (Wildman–Crippen MR) is 78.4 cm³/mol. The summed E-state index contributed by atoms with van der Waals surface area (Å²) in [6.07, 6.45) is 1.18. The van der Waals surface area contributed by atoms with Gasteiger partial charge in [0, 0.05) is 17.6 Å². The van der Waals surface area contributed by atoms with Gasteiger partial charge in [-0.15, -0.1) is 0 Å². The fourth-order valence-electron chi connectivity index (χ4n) is 2.24. The molecule has 0 radical (unpaired) electrons. The zero-order chi connectivity index (χ0) is 13.2. The van der Waals surface area contributed by atoms with Gasteiger partial charge in [0.1, 0.15) is 5.58 Å². The Balaban J connectivity index is 1.70. The number of carbonyl (C=O) groups excluding carboxylic acids is 1. The average molecular weight is 276 g/mol. The Morgan fingerprint density at radius 3 is 3.16 bits per heavy atom. The standard InChI is InChI=1S/C14H16N2O2S/c15-11-1-2-12-10(5-11)6-13(18-12)14(17)16-7-9-3-4-19-8-9/h1-2,5-6,9H,3-4,7-8,15H2,(H,16,17). The predicted octanol–water partition coefficient (Wildman–Crippen LogP) is 2.50. The number of nitrogen functional groups attached to an aromatic ring is 1. The van der Waals surface area contributed by atoms with E-state index in [1.165, 1.54) is 12.2 Å². The Morgan fingerprint density at radius 2 is 2.37 bits per heavy atom. The van der Waals surface area contributed by atoms with E-state index >= 15 is 0 Å². The summed E-state index contributed by atoms with van der Waals surface area (Å²) in [4.78, 5) is 12.0. The minimum atomic E-state index is -0.147. The highest BCUT2D eigenvalue weighted by Gasteiger charge is 2.18. The van der Waals surface area contributed by atoms with Gasteiger partial charge in [0.15, 0.2) is 5.76 Å². The molecule has 2 aromatic rings. The highest BCUT2D eigenvalue weighted by molar-refractivity contribution is 7.99. The topological polar surface area (TPSA) is 68.3 Å². The molecule has 0 bridgehead atoms. The van der Waals surface area contributed by atoms with Crippen LogP contribution in [0.3, 0.4) is 0 Å². The average Bonchev–Trinajstić information content (AvgIpc) is 3.04. The molecule has 0 spiro atoms. The van der Waals surface area contributed by atoms with Crippen molar-refractivity contribution in [3.05, 3.63) is 30.0 Å². The number of fused-ring (bicyclic) bond motifs is 1. The molecule has 4 nitrogen and oxygen atoms in total. The number of benzene rings is 1. The van der Waals surface area contributed by atoms with Gasteiger partial charge in [-0.25, -0.2) is 0 Å². The van der Waals surface area contributed by atoms with Crippen LogP contribution in [0.4, 0.5) is 5.69 Å². The van der Waals surface area contributed by atoms with Crippen LogP contribution in [0.25, 0.3) is 11.0 Å². The summed E-state index contributed by atoms with van der Waals surface area (Å²) in [5.74, 6) is 3.13. The minimum Gasteiger partial charge on any atom is -0.451 e. The van der Waals surface area contributed by atoms with Crippen molar-refractivity contribution in [3.8, 4) is 0 Å². The molecule has 2 heterocycles. The molecule has 1 aliphatic heterocycles. The molecule has 1 unspecified atom stereocenters. The maximum absolute atomic E-state index is 12.0. The van der Waals surface area contributed by atoms with Crippen LogP contribution < -0.4 is 11.1 Å². The number of nitrogens with one attached hydrogen (secondary N) is 1. The lowest BCUT2D eigenvalue weighted by molar-refractivity contribution is 0.0923. The van der Waals surface area contributed by atoms with Gasteiger partial charge in [-0.05, 0) is 48.1 Å². The fourth-order valence-corrected chi connectivity index (χ4v) is 3.53. The monoisotopic (exact) mass is 276 g/mol. The number of furan rings is 1. The van der Waals surface area contributed by atoms with Gasteiger partial charge in [-0.3, -0.25) is 4.79 Å². The van der Waals surface area contributed by atoms with E-state index in [4.69, 9.17) is 10.2 Å². The van der Waals surface area contributed by atoms with Gasteiger partial charge in [0.05, 0.1) is 0 Å². The smallest absolute Gasteiger partial charge is 0.287 e. The van der Waals surface area contributed by atoms with Gasteiger partial charge in [0.25, 0.3) is 5.91 Å². The number of nitrogens with two attached hydrogens (primary N) is 1. The van der Waals surface area contributed by atoms with Gasteiger partial charge >= 0.3 is 0 Å². The van der Waals surface area contributed by atoms with E-state index in [-0.39, 0.29) is 5.91 Å². The van der Waals surface area contributed by atoms with Crippen LogP contribution in [0.1, 0.15) is 17.0 Å². The van der Waals surface area contributed by atoms with E-state index in [0.717, 1.165) is 17.7 Å². The number of amides is 1. The fraction of sp³-hybridized carbons (Fsp3) is 0.357. The Hall–Kier alpha value is -1.62. The van der Waals surface area contributed by atoms with E-state index < -0.39 is 0 Å². The molecule has 1 atom stereocenters. The summed E-state index contributed by atoms with van der Waals surface area (Å²) >= 11 is 1.95. The first-order valence-electron chi connectivity index (χ1n) is 6.37. The number of hydrogen-bond donors (Lipinski definition) is 2. The van der Waals surface area contributed by atoms with E-state index in [9.17, 15) is 4.79 Å². The number of anilines is 1. The van der Waals surface area contributed by atoms with Crippen LogP contribution in [0, 0.1) is 5.92 Å². The van der Waals surface area contributed by atoms with Crippen molar-refractivity contribution in [2.75, 3.05) is 23.8 Å². The van der Waals surface area contributed by atoms with E-state index in [1.54, 1.807) is 18.2 Å². The van der Waals surface area contributed by atoms with E-state index in [2.05, 4.69) is 5.32 Å². The second-order valence-corrected chi connectivity index (χ2v) is 6.00. The maximum Gasteiger partial charge on any atom is 0.287 e. The molecule has 1 aliphatic rings. The number of hydrogen-bond acceptors (Lipinski definition) is 4. The largest absolute Gasteiger partial charge is 0.451 e. The molecule has 1 fully saturated rings. The van der Waals surface area contributed by atoms with Gasteiger partial charge in [0.2, 0.25) is 0 Å². The molecule has 1 amide bonds. The van der Waals surface area contributed by atoms with Gasteiger partial charge in [-0.1, -0.05) is 0 Å². The molecule has 3 rings (SSSR count). The van der Waals surface area contributed by atoms with E-state index in [1.807, 2.05) is 17.8 Å². The highest BCUT2D eigenvalue weighted by Crippen LogP contribution is 2.23. The molecule has 5 heteroatoms. The second kappa shape index (κ2) is 5.17. The molecule has 1 saturated heterocycles. The summed E-state index contributed by atoms with van der Waals surface area (Å²) in [6.45, 7) is 0.727. The first-order chi connectivity index (χ1) is 9.22. The van der Waals surface area contributed by atoms with Gasteiger partial charge in [-0.2, -0.15) is 11.8 Å². The third-order valence-electron chi connectivity index (χ3n) is 3.34. The Kier molecular flexibility index (Phi) is 3.38. The lowest BCUT2D eigenvalue weighted by Crippen LogP contribution is -2.28. The summed E-state index contributed by atoms with van der Waals surface area (Å²) < 4.78 is 5.53. The summed E-state index contributed by atoms with van der Waals surface area (Å²) in [5, 5.41) is 3.80. The first-order valence-corrected chi connectivity index (χ1v) is 7.53. The van der Waals surface area contributed by atoms with Crippen LogP contribution in [0.15, 0.2) is 28.7 Å². The normalized spacial score (nSPS) is 18.8. The summed E-state index contributed by atoms with van der Waals surface area (Å²) in [5.41, 5.74) is 7.07.